The highest BCUT2D eigenvalue weighted by atomic mass is 19.4. The van der Waals surface area contributed by atoms with E-state index < -0.39 is 18.4 Å². The van der Waals surface area contributed by atoms with Crippen molar-refractivity contribution in [2.45, 2.75) is 52.0 Å². The van der Waals surface area contributed by atoms with Crippen LogP contribution in [-0.4, -0.2) is 18.4 Å². The van der Waals surface area contributed by atoms with Gasteiger partial charge in [-0.05, 0) is 18.8 Å². The van der Waals surface area contributed by atoms with Gasteiger partial charge in [-0.25, -0.2) is 0 Å². The molecule has 1 heterocycles. The van der Waals surface area contributed by atoms with Gasteiger partial charge in [0.1, 0.15) is 6.04 Å². The fourth-order valence-corrected chi connectivity index (χ4v) is 1.35. The number of hydrogen-bond acceptors (Lipinski definition) is 2. The molecule has 86 valence electrons. The van der Waals surface area contributed by atoms with Gasteiger partial charge in [0.25, 0.3) is 0 Å². The Bertz CT molecular complexity index is 159. The van der Waals surface area contributed by atoms with Crippen LogP contribution in [0.3, 0.4) is 0 Å². The van der Waals surface area contributed by atoms with E-state index in [-0.39, 0.29) is 12.3 Å². The topological polar surface area (TPSA) is 38.0 Å². The van der Waals surface area contributed by atoms with Crippen molar-refractivity contribution < 1.29 is 13.2 Å². The molecule has 0 amide bonds. The molecule has 0 aliphatic carbocycles. The van der Waals surface area contributed by atoms with Crippen LogP contribution in [0.4, 0.5) is 13.2 Å². The van der Waals surface area contributed by atoms with Crippen molar-refractivity contribution >= 4 is 0 Å². The smallest absolute Gasteiger partial charge is 0.316 e. The first-order valence-electron chi connectivity index (χ1n) is 4.99. The Morgan fingerprint density at radius 1 is 1.21 bits per heavy atom. The zero-order valence-electron chi connectivity index (χ0n) is 8.86. The van der Waals surface area contributed by atoms with E-state index in [4.69, 9.17) is 5.73 Å². The molecule has 5 heteroatoms. The van der Waals surface area contributed by atoms with E-state index in [2.05, 4.69) is 5.32 Å². The van der Waals surface area contributed by atoms with Crippen molar-refractivity contribution in [2.75, 3.05) is 0 Å². The van der Waals surface area contributed by atoms with Crippen LogP contribution >= 0.6 is 0 Å². The third-order valence-corrected chi connectivity index (χ3v) is 2.31. The summed E-state index contributed by atoms with van der Waals surface area (Å²) in [6.07, 6.45) is -4.00. The second-order valence-corrected chi connectivity index (χ2v) is 3.34. The minimum Gasteiger partial charge on any atom is -0.316 e. The molecule has 0 aromatic carbocycles. The number of piperidine rings is 1. The van der Waals surface area contributed by atoms with Crippen LogP contribution in [0.25, 0.3) is 0 Å². The van der Waals surface area contributed by atoms with Crippen molar-refractivity contribution in [3.8, 4) is 0 Å². The minimum absolute atomic E-state index is 0.128. The summed E-state index contributed by atoms with van der Waals surface area (Å²) in [6.45, 7) is 5.85. The average Bonchev–Trinajstić information content (AvgIpc) is 2.11. The Labute approximate surface area is 83.0 Å². The van der Waals surface area contributed by atoms with Gasteiger partial charge in [-0.2, -0.15) is 13.2 Å². The van der Waals surface area contributed by atoms with Crippen LogP contribution in [0, 0.1) is 5.92 Å². The highest BCUT2D eigenvalue weighted by molar-refractivity contribution is 4.85. The summed E-state index contributed by atoms with van der Waals surface area (Å²) in [7, 11) is 0. The molecule has 0 aromatic heterocycles. The fourth-order valence-electron chi connectivity index (χ4n) is 1.35. The largest absolute Gasteiger partial charge is 0.403 e. The molecule has 1 saturated heterocycles. The van der Waals surface area contributed by atoms with Gasteiger partial charge < -0.3 is 5.73 Å². The van der Waals surface area contributed by atoms with Crippen LogP contribution < -0.4 is 11.1 Å². The standard InChI is InChI=1S/C7H13F3N2.C2H6/c1-4-2-3-5(7(8,9)10)12-6(4)11;1-2/h4-6,12H,2-3,11H2,1H3;1-2H3. The van der Waals surface area contributed by atoms with Gasteiger partial charge in [-0.15, -0.1) is 0 Å². The summed E-state index contributed by atoms with van der Waals surface area (Å²) in [5.74, 6) is 0.128. The first kappa shape index (κ1) is 13.7. The summed E-state index contributed by atoms with van der Waals surface area (Å²) in [6, 6.07) is -1.41. The first-order valence-corrected chi connectivity index (χ1v) is 4.99. The molecule has 3 atom stereocenters. The SMILES string of the molecule is CC.CC1CCC(C(F)(F)F)NC1N. The van der Waals surface area contributed by atoms with E-state index in [1.54, 1.807) is 0 Å². The Balaban J connectivity index is 0.000000791. The van der Waals surface area contributed by atoms with Crippen molar-refractivity contribution in [1.29, 1.82) is 0 Å². The molecule has 1 aliphatic heterocycles. The monoisotopic (exact) mass is 212 g/mol. The van der Waals surface area contributed by atoms with Gasteiger partial charge in [0.05, 0.1) is 6.17 Å². The predicted molar refractivity (Wildman–Crippen MR) is 50.7 cm³/mol. The average molecular weight is 212 g/mol. The molecule has 1 rings (SSSR count). The third-order valence-electron chi connectivity index (χ3n) is 2.31. The lowest BCUT2D eigenvalue weighted by Crippen LogP contribution is -2.56. The quantitative estimate of drug-likeness (QED) is 0.646. The third kappa shape index (κ3) is 3.84. The molecule has 2 nitrogen and oxygen atoms in total. The van der Waals surface area contributed by atoms with Crippen LogP contribution in [-0.2, 0) is 0 Å². The normalized spacial score (nSPS) is 33.2. The van der Waals surface area contributed by atoms with Crippen LogP contribution in [0.5, 0.6) is 0 Å². The van der Waals surface area contributed by atoms with Gasteiger partial charge in [-0.1, -0.05) is 20.8 Å². The summed E-state index contributed by atoms with van der Waals surface area (Å²) in [5.41, 5.74) is 5.45. The molecule has 0 aromatic rings. The molecule has 0 spiro atoms. The van der Waals surface area contributed by atoms with E-state index in [1.807, 2.05) is 20.8 Å². The molecular weight excluding hydrogens is 193 g/mol. The maximum absolute atomic E-state index is 12.1. The highest BCUT2D eigenvalue weighted by Crippen LogP contribution is 2.28. The minimum atomic E-state index is -4.16. The van der Waals surface area contributed by atoms with Gasteiger partial charge >= 0.3 is 6.18 Å². The second kappa shape index (κ2) is 5.56. The second-order valence-electron chi connectivity index (χ2n) is 3.34. The van der Waals surface area contributed by atoms with Gasteiger partial charge in [-0.3, -0.25) is 5.32 Å². The van der Waals surface area contributed by atoms with E-state index in [0.717, 1.165) is 0 Å². The summed E-state index contributed by atoms with van der Waals surface area (Å²) >= 11 is 0. The zero-order valence-corrected chi connectivity index (χ0v) is 8.86. The summed E-state index contributed by atoms with van der Waals surface area (Å²) < 4.78 is 36.4. The predicted octanol–water partition coefficient (Wildman–Crippen LogP) is 2.25. The number of alkyl halides is 3. The molecule has 0 saturated carbocycles. The molecule has 3 N–H and O–H groups in total. The lowest BCUT2D eigenvalue weighted by Gasteiger charge is -2.34. The number of nitrogens with two attached hydrogens (primary N) is 1. The molecule has 0 radical (unpaired) electrons. The van der Waals surface area contributed by atoms with E-state index in [9.17, 15) is 13.2 Å². The number of nitrogens with one attached hydrogen (secondary N) is 1. The highest BCUT2D eigenvalue weighted by Gasteiger charge is 2.42. The van der Waals surface area contributed by atoms with Crippen molar-refractivity contribution in [3.63, 3.8) is 0 Å². The number of rotatable bonds is 0. The fraction of sp³-hybridized carbons (Fsp3) is 1.00. The van der Waals surface area contributed by atoms with E-state index >= 15 is 0 Å². The molecular formula is C9H19F3N2. The molecule has 3 unspecified atom stereocenters. The van der Waals surface area contributed by atoms with Crippen LogP contribution in [0.1, 0.15) is 33.6 Å². The van der Waals surface area contributed by atoms with Gasteiger partial charge in [0.2, 0.25) is 0 Å². The van der Waals surface area contributed by atoms with E-state index in [0.29, 0.717) is 6.42 Å². The van der Waals surface area contributed by atoms with Crippen molar-refractivity contribution in [3.05, 3.63) is 0 Å². The summed E-state index contributed by atoms with van der Waals surface area (Å²) in [4.78, 5) is 0. The number of halogens is 3. The Morgan fingerprint density at radius 3 is 2.07 bits per heavy atom. The Hall–Kier alpha value is -0.290. The Morgan fingerprint density at radius 2 is 1.71 bits per heavy atom. The maximum atomic E-state index is 12.1. The summed E-state index contributed by atoms with van der Waals surface area (Å²) in [5, 5.41) is 2.36. The van der Waals surface area contributed by atoms with Crippen LogP contribution in [0.2, 0.25) is 0 Å². The molecule has 14 heavy (non-hydrogen) atoms. The molecule has 0 bridgehead atoms. The van der Waals surface area contributed by atoms with E-state index in [1.165, 1.54) is 0 Å². The lowest BCUT2D eigenvalue weighted by atomic mass is 9.93. The number of hydrogen-bond donors (Lipinski definition) is 2. The first-order chi connectivity index (χ1) is 6.41. The van der Waals surface area contributed by atoms with Crippen molar-refractivity contribution in [1.82, 2.24) is 5.32 Å². The Kier molecular flexibility index (Phi) is 5.44. The maximum Gasteiger partial charge on any atom is 0.403 e. The lowest BCUT2D eigenvalue weighted by molar-refractivity contribution is -0.165. The zero-order chi connectivity index (χ0) is 11.4. The van der Waals surface area contributed by atoms with Crippen LogP contribution in [0.15, 0.2) is 0 Å². The van der Waals surface area contributed by atoms with Crippen molar-refractivity contribution in [2.24, 2.45) is 11.7 Å². The molecule has 1 aliphatic rings. The molecule has 1 fully saturated rings. The van der Waals surface area contributed by atoms with Gasteiger partial charge in [0, 0.05) is 0 Å². The van der Waals surface area contributed by atoms with Gasteiger partial charge in [0.15, 0.2) is 0 Å².